The van der Waals surface area contributed by atoms with Gasteiger partial charge in [0, 0.05) is 60.3 Å². The average Bonchev–Trinajstić information content (AvgIpc) is 3.55. The molecular formula is C45H59F4N9O10S. The van der Waals surface area contributed by atoms with E-state index in [0.29, 0.717) is 109 Å². The number of carbonyl (C=O) groups excluding carboxylic acids is 3. The van der Waals surface area contributed by atoms with E-state index in [0.717, 1.165) is 18.5 Å². The number of piperidine rings is 1. The zero-order valence-electron chi connectivity index (χ0n) is 38.6. The number of carbonyl (C=O) groups is 3. The van der Waals surface area contributed by atoms with Crippen LogP contribution in [0.25, 0.3) is 5.57 Å². The number of aromatic nitrogens is 2. The Hall–Kier alpha value is -5.47. The van der Waals surface area contributed by atoms with Crippen molar-refractivity contribution in [1.29, 1.82) is 0 Å². The van der Waals surface area contributed by atoms with E-state index >= 15 is 4.39 Å². The summed E-state index contributed by atoms with van der Waals surface area (Å²) in [4.78, 5) is 51.2. The molecule has 5 rings (SSSR count). The van der Waals surface area contributed by atoms with Gasteiger partial charge in [-0.1, -0.05) is 6.07 Å². The maximum atomic E-state index is 15.1. The smallest absolute Gasteiger partial charge is 0.404 e. The molecule has 1 fully saturated rings. The van der Waals surface area contributed by atoms with Crippen LogP contribution in [0.3, 0.4) is 0 Å². The van der Waals surface area contributed by atoms with E-state index < -0.39 is 45.7 Å². The first-order valence-corrected chi connectivity index (χ1v) is 23.5. The van der Waals surface area contributed by atoms with Gasteiger partial charge in [-0.25, -0.2) is 14.4 Å². The first-order valence-electron chi connectivity index (χ1n) is 22.2. The summed E-state index contributed by atoms with van der Waals surface area (Å²) in [6.07, 6.45) is -1.70. The molecule has 2 aliphatic rings. The standard InChI is InChI=1S/C45H59F4N9O10S/c1-29-37(9-10-38(59)55-29)58-41(60)32-5-4-6-36(39(32)42(58)61)53-12-14-65-16-18-67-20-22-68-21-19-66-17-15-64-13-11-51-28-69(63)31-7-8-35(34(46)23-31)56-43-54-26-33(45(47,48)49)40(57-43)30(24-50)25-52-27-44(2,3)62/h4-8,23-26,29,37,51,53,62H,9-22,27-28,50H2,1-3H3,(H,55,59)(H,54,56,57)/b30-24+,52-25?/t29?,37?,69-/m0/s1. The summed E-state index contributed by atoms with van der Waals surface area (Å²) in [5, 5.41) is 21.4. The Balaban J connectivity index is 0.861. The van der Waals surface area contributed by atoms with Crippen LogP contribution in [0, 0.1) is 5.82 Å². The van der Waals surface area contributed by atoms with Gasteiger partial charge >= 0.3 is 6.18 Å². The summed E-state index contributed by atoms with van der Waals surface area (Å²) in [5.74, 6) is -2.02. The molecule has 378 valence electrons. The lowest BCUT2D eigenvalue weighted by molar-refractivity contribution is -0.138. The number of hydrogen-bond acceptors (Lipinski definition) is 17. The van der Waals surface area contributed by atoms with Gasteiger partial charge in [0.05, 0.1) is 123 Å². The number of anilines is 3. The average molecular weight is 994 g/mol. The first kappa shape index (κ1) is 54.5. The zero-order valence-corrected chi connectivity index (χ0v) is 39.4. The van der Waals surface area contributed by atoms with Crippen molar-refractivity contribution in [2.75, 3.05) is 102 Å². The van der Waals surface area contributed by atoms with Crippen LogP contribution in [0.2, 0.25) is 0 Å². The molecule has 3 aromatic rings. The molecule has 0 radical (unpaired) electrons. The van der Waals surface area contributed by atoms with Crippen LogP contribution in [0.4, 0.5) is 34.9 Å². The van der Waals surface area contributed by atoms with Gasteiger partial charge in [0.1, 0.15) is 11.4 Å². The van der Waals surface area contributed by atoms with E-state index in [1.54, 1.807) is 25.1 Å². The fourth-order valence-corrected chi connectivity index (χ4v) is 7.92. The van der Waals surface area contributed by atoms with Crippen molar-refractivity contribution in [2.45, 2.75) is 62.4 Å². The Kier molecular flexibility index (Phi) is 20.9. The molecule has 1 aromatic heterocycles. The van der Waals surface area contributed by atoms with E-state index in [4.69, 9.17) is 29.4 Å². The second kappa shape index (κ2) is 26.5. The predicted octanol–water partition coefficient (Wildman–Crippen LogP) is 3.63. The normalized spacial score (nSPS) is 17.1. The lowest BCUT2D eigenvalue weighted by Crippen LogP contribution is -2.55. The number of fused-ring (bicyclic) bond motifs is 1. The maximum Gasteiger partial charge on any atom is 0.419 e. The summed E-state index contributed by atoms with van der Waals surface area (Å²) < 4.78 is 96.9. The number of hydrogen-bond donors (Lipinski definition) is 6. The van der Waals surface area contributed by atoms with Crippen molar-refractivity contribution in [3.8, 4) is 0 Å². The molecule has 69 heavy (non-hydrogen) atoms. The van der Waals surface area contributed by atoms with Gasteiger partial charge in [-0.15, -0.1) is 0 Å². The molecule has 2 aliphatic heterocycles. The Bertz CT molecular complexity index is 2300. The van der Waals surface area contributed by atoms with Gasteiger partial charge in [-0.3, -0.25) is 28.5 Å². The molecule has 2 aromatic carbocycles. The topological polar surface area (TPSA) is 250 Å². The number of alkyl halides is 3. The second-order valence-corrected chi connectivity index (χ2v) is 17.7. The number of aliphatic imine (C=N–C) groups is 1. The van der Waals surface area contributed by atoms with Crippen LogP contribution >= 0.6 is 0 Å². The molecule has 0 spiro atoms. The van der Waals surface area contributed by atoms with Crippen molar-refractivity contribution in [1.82, 2.24) is 25.5 Å². The third-order valence-electron chi connectivity index (χ3n) is 10.3. The minimum atomic E-state index is -4.85. The highest BCUT2D eigenvalue weighted by atomic mass is 32.2. The summed E-state index contributed by atoms with van der Waals surface area (Å²) in [7, 11) is -1.64. The van der Waals surface area contributed by atoms with Gasteiger partial charge in [0.2, 0.25) is 11.9 Å². The van der Waals surface area contributed by atoms with E-state index in [2.05, 4.69) is 36.2 Å². The van der Waals surface area contributed by atoms with Crippen molar-refractivity contribution in [2.24, 2.45) is 10.7 Å². The van der Waals surface area contributed by atoms with Gasteiger partial charge in [-0.2, -0.15) is 13.2 Å². The Morgan fingerprint density at radius 1 is 0.942 bits per heavy atom. The molecule has 19 nitrogen and oxygen atoms in total. The molecule has 0 saturated carbocycles. The largest absolute Gasteiger partial charge is 0.419 e. The molecule has 3 heterocycles. The van der Waals surface area contributed by atoms with Crippen molar-refractivity contribution >= 4 is 57.6 Å². The molecule has 0 aliphatic carbocycles. The van der Waals surface area contributed by atoms with Gasteiger partial charge < -0.3 is 55.8 Å². The van der Waals surface area contributed by atoms with Gasteiger partial charge in [0.25, 0.3) is 11.8 Å². The minimum Gasteiger partial charge on any atom is -0.404 e. The number of imide groups is 1. The third kappa shape index (κ3) is 16.6. The Morgan fingerprint density at radius 2 is 1.58 bits per heavy atom. The predicted molar refractivity (Wildman–Crippen MR) is 248 cm³/mol. The number of benzene rings is 2. The van der Waals surface area contributed by atoms with Crippen molar-refractivity contribution in [3.63, 3.8) is 0 Å². The quantitative estimate of drug-likeness (QED) is 0.0252. The Labute approximate surface area is 399 Å². The number of aliphatic hydroxyl groups is 1. The summed E-state index contributed by atoms with van der Waals surface area (Å²) in [5.41, 5.74) is 3.41. The lowest BCUT2D eigenvalue weighted by Gasteiger charge is -2.35. The summed E-state index contributed by atoms with van der Waals surface area (Å²) in [6, 6.07) is 8.08. The van der Waals surface area contributed by atoms with Crippen LogP contribution < -0.4 is 27.0 Å². The van der Waals surface area contributed by atoms with Crippen LogP contribution in [0.15, 0.2) is 58.7 Å². The number of amides is 3. The third-order valence-corrected chi connectivity index (χ3v) is 11.6. The van der Waals surface area contributed by atoms with Crippen molar-refractivity contribution in [3.05, 3.63) is 77.0 Å². The number of nitrogens with zero attached hydrogens (tertiary/aromatic N) is 4. The highest BCUT2D eigenvalue weighted by Crippen LogP contribution is 2.35. The number of ether oxygens (including phenoxy) is 5. The molecule has 2 unspecified atom stereocenters. The van der Waals surface area contributed by atoms with Gasteiger partial charge in [-0.05, 0) is 57.5 Å². The molecular weight excluding hydrogens is 935 g/mol. The number of nitrogens with two attached hydrogens (primary N) is 1. The number of allylic oxidation sites excluding steroid dienone is 1. The van der Waals surface area contributed by atoms with E-state index in [1.807, 2.05) is 0 Å². The molecule has 3 atom stereocenters. The number of halogens is 4. The van der Waals surface area contributed by atoms with Crippen LogP contribution in [-0.2, 0) is 45.5 Å². The lowest BCUT2D eigenvalue weighted by atomic mass is 9.97. The molecule has 3 amide bonds. The minimum absolute atomic E-state index is 0.00195. The maximum absolute atomic E-state index is 15.1. The van der Waals surface area contributed by atoms with Crippen LogP contribution in [-0.4, -0.2) is 157 Å². The fraction of sp³-hybridized carbons (Fsp3) is 0.511. The van der Waals surface area contributed by atoms with Crippen molar-refractivity contribution < 1.29 is 64.9 Å². The van der Waals surface area contributed by atoms with E-state index in [-0.39, 0.29) is 64.7 Å². The van der Waals surface area contributed by atoms with Crippen LogP contribution in [0.5, 0.6) is 0 Å². The second-order valence-electron chi connectivity index (χ2n) is 16.3. The monoisotopic (exact) mass is 993 g/mol. The molecule has 7 N–H and O–H groups in total. The summed E-state index contributed by atoms with van der Waals surface area (Å²) in [6.45, 7) is 8.85. The fourth-order valence-electron chi connectivity index (χ4n) is 6.97. The van der Waals surface area contributed by atoms with E-state index in [9.17, 15) is 36.9 Å². The number of rotatable bonds is 29. The SMILES string of the molecule is CC1NC(=O)CCC1N1C(=O)c2cccc(NCCOCCOCCOCCOCCOCCNC[S@](=O)c3ccc(Nc4ncc(C(F)(F)F)c(/C(C=NCC(C)(C)O)=C/N)n4)c(F)c3)c2C1=O. The molecule has 0 bridgehead atoms. The number of nitrogens with one attached hydrogen (secondary N) is 4. The van der Waals surface area contributed by atoms with E-state index in [1.165, 1.54) is 30.9 Å². The Morgan fingerprint density at radius 3 is 2.17 bits per heavy atom. The zero-order chi connectivity index (χ0) is 50.0. The highest BCUT2D eigenvalue weighted by molar-refractivity contribution is 7.85. The van der Waals surface area contributed by atoms with Gasteiger partial charge in [0.15, 0.2) is 0 Å². The molecule has 1 saturated heterocycles. The highest BCUT2D eigenvalue weighted by Gasteiger charge is 2.44. The van der Waals surface area contributed by atoms with Crippen LogP contribution in [0.1, 0.15) is 65.6 Å². The summed E-state index contributed by atoms with van der Waals surface area (Å²) >= 11 is 0. The first-order chi connectivity index (χ1) is 33.0. The molecule has 24 heteroatoms.